The molecule has 0 radical (unpaired) electrons. The van der Waals surface area contributed by atoms with Crippen molar-refractivity contribution in [1.29, 1.82) is 0 Å². The van der Waals surface area contributed by atoms with Gasteiger partial charge in [-0.05, 0) is 75.2 Å². The van der Waals surface area contributed by atoms with Crippen LogP contribution in [0.3, 0.4) is 0 Å². The van der Waals surface area contributed by atoms with Gasteiger partial charge in [0.05, 0.1) is 18.8 Å². The van der Waals surface area contributed by atoms with Crippen molar-refractivity contribution in [2.45, 2.75) is 50.9 Å². The summed E-state index contributed by atoms with van der Waals surface area (Å²) in [5, 5.41) is 5.00. The van der Waals surface area contributed by atoms with E-state index in [0.29, 0.717) is 36.8 Å². The Balaban J connectivity index is 1.61. The SMILES string of the molecule is CNC(SCC1c2cc(OC)c(OCc3ccccc3)cc2CCN1C(=O)OC(C)(C)C)N(N)c1ccccc1. The summed E-state index contributed by atoms with van der Waals surface area (Å²) >= 11 is 1.63. The Morgan fingerprint density at radius 1 is 1.10 bits per heavy atom. The van der Waals surface area contributed by atoms with Crippen LogP contribution < -0.4 is 25.6 Å². The van der Waals surface area contributed by atoms with E-state index in [1.807, 2.05) is 99.4 Å². The molecule has 4 rings (SSSR count). The number of thioether (sulfide) groups is 1. The molecule has 0 saturated carbocycles. The molecule has 1 amide bonds. The van der Waals surface area contributed by atoms with Gasteiger partial charge in [0, 0.05) is 12.3 Å². The molecule has 2 unspecified atom stereocenters. The van der Waals surface area contributed by atoms with Crippen LogP contribution in [-0.4, -0.2) is 48.5 Å². The van der Waals surface area contributed by atoms with E-state index in [2.05, 4.69) is 11.4 Å². The fourth-order valence-corrected chi connectivity index (χ4v) is 5.83. The molecule has 9 heteroatoms. The van der Waals surface area contributed by atoms with E-state index in [1.54, 1.807) is 23.9 Å². The molecular weight excluding hydrogens is 524 g/mol. The first-order valence-corrected chi connectivity index (χ1v) is 14.5. The van der Waals surface area contributed by atoms with Gasteiger partial charge in [0.15, 0.2) is 11.5 Å². The van der Waals surface area contributed by atoms with Crippen LogP contribution in [-0.2, 0) is 17.8 Å². The molecule has 0 saturated heterocycles. The van der Waals surface area contributed by atoms with Crippen molar-refractivity contribution in [3.63, 3.8) is 0 Å². The number of rotatable bonds is 10. The number of amides is 1. The van der Waals surface area contributed by atoms with E-state index in [0.717, 1.165) is 22.4 Å². The minimum absolute atomic E-state index is 0.219. The molecule has 214 valence electrons. The highest BCUT2D eigenvalue weighted by Crippen LogP contribution is 2.41. The fraction of sp³-hybridized carbons (Fsp3) is 0.387. The lowest BCUT2D eigenvalue weighted by Gasteiger charge is -2.39. The summed E-state index contributed by atoms with van der Waals surface area (Å²) in [5.74, 6) is 8.40. The molecule has 0 spiro atoms. The van der Waals surface area contributed by atoms with Crippen molar-refractivity contribution < 1.29 is 19.0 Å². The van der Waals surface area contributed by atoms with Crippen LogP contribution >= 0.6 is 11.8 Å². The molecule has 1 aliphatic rings. The zero-order valence-corrected chi connectivity index (χ0v) is 24.7. The molecule has 0 bridgehead atoms. The Labute approximate surface area is 241 Å². The second-order valence-electron chi connectivity index (χ2n) is 10.6. The molecule has 3 aromatic carbocycles. The molecule has 8 nitrogen and oxygen atoms in total. The summed E-state index contributed by atoms with van der Waals surface area (Å²) in [7, 11) is 3.51. The summed E-state index contributed by atoms with van der Waals surface area (Å²) in [5.41, 5.74) is 3.30. The minimum atomic E-state index is -0.600. The van der Waals surface area contributed by atoms with Gasteiger partial charge < -0.3 is 14.2 Å². The number of methoxy groups -OCH3 is 1. The van der Waals surface area contributed by atoms with Gasteiger partial charge in [-0.3, -0.25) is 15.2 Å². The van der Waals surface area contributed by atoms with Gasteiger partial charge in [0.25, 0.3) is 0 Å². The lowest BCUT2D eigenvalue weighted by molar-refractivity contribution is 0.0163. The number of anilines is 1. The predicted octanol–water partition coefficient (Wildman–Crippen LogP) is 5.73. The largest absolute Gasteiger partial charge is 0.493 e. The lowest BCUT2D eigenvalue weighted by Crippen LogP contribution is -2.48. The summed E-state index contributed by atoms with van der Waals surface area (Å²) in [4.78, 5) is 15.2. The maximum Gasteiger partial charge on any atom is 0.410 e. The number of ether oxygens (including phenoxy) is 3. The fourth-order valence-electron chi connectivity index (χ4n) is 4.66. The number of carbonyl (C=O) groups excluding carboxylic acids is 1. The highest BCUT2D eigenvalue weighted by atomic mass is 32.2. The number of nitrogens with one attached hydrogen (secondary N) is 1. The van der Waals surface area contributed by atoms with Crippen molar-refractivity contribution in [3.05, 3.63) is 89.5 Å². The van der Waals surface area contributed by atoms with Crippen molar-refractivity contribution in [1.82, 2.24) is 10.2 Å². The first kappa shape index (κ1) is 29.6. The maximum atomic E-state index is 13.4. The van der Waals surface area contributed by atoms with Gasteiger partial charge in [0.1, 0.15) is 17.7 Å². The Morgan fingerprint density at radius 3 is 2.40 bits per heavy atom. The zero-order valence-electron chi connectivity index (χ0n) is 23.9. The van der Waals surface area contributed by atoms with Crippen LogP contribution in [0.4, 0.5) is 10.5 Å². The highest BCUT2D eigenvalue weighted by Gasteiger charge is 2.35. The van der Waals surface area contributed by atoms with Crippen molar-refractivity contribution in [2.75, 3.05) is 31.5 Å². The normalized spacial score (nSPS) is 15.7. The number of nitrogens with zero attached hydrogens (tertiary/aromatic N) is 2. The maximum absolute atomic E-state index is 13.4. The van der Waals surface area contributed by atoms with Crippen LogP contribution in [0.2, 0.25) is 0 Å². The van der Waals surface area contributed by atoms with Gasteiger partial charge in [-0.2, -0.15) is 0 Å². The van der Waals surface area contributed by atoms with Crippen LogP contribution in [0.15, 0.2) is 72.8 Å². The smallest absolute Gasteiger partial charge is 0.410 e. The van der Waals surface area contributed by atoms with E-state index in [1.165, 1.54) is 0 Å². The highest BCUT2D eigenvalue weighted by molar-refractivity contribution is 8.00. The second-order valence-corrected chi connectivity index (χ2v) is 11.7. The van der Waals surface area contributed by atoms with E-state index in [-0.39, 0.29) is 17.6 Å². The van der Waals surface area contributed by atoms with Crippen LogP contribution in [0.5, 0.6) is 11.5 Å². The predicted molar refractivity (Wildman–Crippen MR) is 162 cm³/mol. The van der Waals surface area contributed by atoms with Crippen LogP contribution in [0, 0.1) is 0 Å². The van der Waals surface area contributed by atoms with Crippen molar-refractivity contribution in [2.24, 2.45) is 5.84 Å². The summed E-state index contributed by atoms with van der Waals surface area (Å²) in [6.07, 6.45) is 0.352. The molecule has 2 atom stereocenters. The number of para-hydroxylation sites is 1. The second kappa shape index (κ2) is 13.3. The third kappa shape index (κ3) is 7.41. The standard InChI is InChI=1S/C31H40N4O4S/c1-31(2,3)39-30(36)34-17-16-23-18-28(38-20-22-12-8-6-9-13-22)27(37-5)19-25(23)26(34)21-40-29(33-4)35(32)24-14-10-7-11-15-24/h6-15,18-19,26,29,33H,16-17,20-21,32H2,1-5H3. The average Bonchev–Trinajstić information content (AvgIpc) is 2.95. The molecular formula is C31H40N4O4S. The summed E-state index contributed by atoms with van der Waals surface area (Å²) < 4.78 is 17.8. The number of carbonyl (C=O) groups is 1. The molecule has 40 heavy (non-hydrogen) atoms. The number of fused-ring (bicyclic) bond motifs is 1. The average molecular weight is 565 g/mol. The molecule has 3 aromatic rings. The minimum Gasteiger partial charge on any atom is -0.493 e. The molecule has 0 aromatic heterocycles. The third-order valence-electron chi connectivity index (χ3n) is 6.61. The molecule has 0 aliphatic carbocycles. The van der Waals surface area contributed by atoms with E-state index < -0.39 is 5.60 Å². The number of hydrogen-bond donors (Lipinski definition) is 2. The molecule has 3 N–H and O–H groups in total. The van der Waals surface area contributed by atoms with Crippen molar-refractivity contribution >= 4 is 23.5 Å². The van der Waals surface area contributed by atoms with Crippen LogP contribution in [0.25, 0.3) is 0 Å². The molecule has 1 aliphatic heterocycles. The van der Waals surface area contributed by atoms with Gasteiger partial charge in [-0.1, -0.05) is 48.5 Å². The first-order chi connectivity index (χ1) is 19.2. The first-order valence-electron chi connectivity index (χ1n) is 13.4. The monoisotopic (exact) mass is 564 g/mol. The van der Waals surface area contributed by atoms with Gasteiger partial charge in [-0.15, -0.1) is 11.8 Å². The Hall–Kier alpha value is -3.40. The van der Waals surface area contributed by atoms with Crippen molar-refractivity contribution in [3.8, 4) is 11.5 Å². The number of hydrazine groups is 1. The van der Waals surface area contributed by atoms with E-state index in [4.69, 9.17) is 20.1 Å². The zero-order chi connectivity index (χ0) is 28.7. The summed E-state index contributed by atoms with van der Waals surface area (Å²) in [6.45, 7) is 6.63. The van der Waals surface area contributed by atoms with Gasteiger partial charge in [0.2, 0.25) is 0 Å². The topological polar surface area (TPSA) is 89.3 Å². The van der Waals surface area contributed by atoms with Crippen LogP contribution in [0.1, 0.15) is 43.5 Å². The Morgan fingerprint density at radius 2 is 1.77 bits per heavy atom. The summed E-state index contributed by atoms with van der Waals surface area (Å²) in [6, 6.07) is 23.7. The van der Waals surface area contributed by atoms with E-state index in [9.17, 15) is 4.79 Å². The Kier molecular flexibility index (Phi) is 9.84. The number of nitrogens with two attached hydrogens (primary N) is 1. The Bertz CT molecular complexity index is 1250. The van der Waals surface area contributed by atoms with Gasteiger partial charge >= 0.3 is 6.09 Å². The molecule has 0 fully saturated rings. The van der Waals surface area contributed by atoms with E-state index >= 15 is 0 Å². The molecule has 1 heterocycles. The third-order valence-corrected chi connectivity index (χ3v) is 7.90. The van der Waals surface area contributed by atoms with Gasteiger partial charge in [-0.25, -0.2) is 10.6 Å². The number of benzene rings is 3. The number of hydrogen-bond acceptors (Lipinski definition) is 8. The quantitative estimate of drug-likeness (QED) is 0.184. The lowest BCUT2D eigenvalue weighted by atomic mass is 9.93.